The molecule has 0 radical (unpaired) electrons. The van der Waals surface area contributed by atoms with Crippen molar-refractivity contribution in [2.45, 2.75) is 25.7 Å². The summed E-state index contributed by atoms with van der Waals surface area (Å²) in [5.41, 5.74) is 3.03. The van der Waals surface area contributed by atoms with Gasteiger partial charge >= 0.3 is 0 Å². The van der Waals surface area contributed by atoms with Crippen molar-refractivity contribution >= 4 is 11.6 Å². The predicted molar refractivity (Wildman–Crippen MR) is 93.1 cm³/mol. The number of aryl methyl sites for hydroxylation is 2. The van der Waals surface area contributed by atoms with Gasteiger partial charge in [0.1, 0.15) is 12.2 Å². The molecule has 0 aliphatic heterocycles. The van der Waals surface area contributed by atoms with Gasteiger partial charge in [0.2, 0.25) is 0 Å². The summed E-state index contributed by atoms with van der Waals surface area (Å²) in [7, 11) is 1.83. The number of rotatable bonds is 4. The van der Waals surface area contributed by atoms with E-state index in [-0.39, 0.29) is 5.91 Å². The number of carbonyl (C=O) groups excluding carboxylic acids is 1. The monoisotopic (exact) mass is 334 g/mol. The van der Waals surface area contributed by atoms with Crippen molar-refractivity contribution in [3.05, 3.63) is 53.9 Å². The van der Waals surface area contributed by atoms with Crippen molar-refractivity contribution in [3.63, 3.8) is 0 Å². The second kappa shape index (κ2) is 6.08. The molecular formula is C18H18N6O. The van der Waals surface area contributed by atoms with Gasteiger partial charge in [0, 0.05) is 30.4 Å². The third kappa shape index (κ3) is 3.26. The fourth-order valence-electron chi connectivity index (χ4n) is 2.70. The Bertz CT molecular complexity index is 927. The van der Waals surface area contributed by atoms with Gasteiger partial charge in [0.25, 0.3) is 5.91 Å². The van der Waals surface area contributed by atoms with Crippen LogP contribution in [0.4, 0.5) is 5.69 Å². The number of hydrogen-bond donors (Lipinski definition) is 1. The molecule has 0 unspecified atom stereocenters. The van der Waals surface area contributed by atoms with Gasteiger partial charge in [-0.2, -0.15) is 5.10 Å². The molecule has 3 aromatic rings. The molecule has 1 N–H and O–H groups in total. The molecule has 7 nitrogen and oxygen atoms in total. The second-order valence-electron chi connectivity index (χ2n) is 6.26. The Morgan fingerprint density at radius 1 is 1.20 bits per heavy atom. The first kappa shape index (κ1) is 15.4. The fourth-order valence-corrected chi connectivity index (χ4v) is 2.70. The average molecular weight is 334 g/mol. The van der Waals surface area contributed by atoms with Crippen molar-refractivity contribution < 1.29 is 4.79 Å². The van der Waals surface area contributed by atoms with Gasteiger partial charge in [-0.1, -0.05) is 0 Å². The van der Waals surface area contributed by atoms with Crippen LogP contribution in [-0.2, 0) is 7.05 Å². The molecule has 4 rings (SSSR count). The van der Waals surface area contributed by atoms with E-state index in [0.717, 1.165) is 24.1 Å². The number of nitrogens with one attached hydrogen (secondary N) is 1. The minimum atomic E-state index is -0.175. The second-order valence-corrected chi connectivity index (χ2v) is 6.26. The van der Waals surface area contributed by atoms with Crippen molar-refractivity contribution in [1.29, 1.82) is 0 Å². The average Bonchev–Trinajstić information content (AvgIpc) is 3.36. The largest absolute Gasteiger partial charge is 0.322 e. The van der Waals surface area contributed by atoms with Crippen molar-refractivity contribution in [1.82, 2.24) is 24.7 Å². The number of aromatic nitrogens is 5. The molecule has 25 heavy (non-hydrogen) atoms. The van der Waals surface area contributed by atoms with Crippen LogP contribution in [-0.4, -0.2) is 30.6 Å². The Hall–Kier alpha value is -3.09. The molecule has 0 saturated heterocycles. The molecule has 2 aromatic heterocycles. The molecule has 0 bridgehead atoms. The predicted octanol–water partition coefficient (Wildman–Crippen LogP) is 2.71. The zero-order valence-corrected chi connectivity index (χ0v) is 14.1. The fraction of sp³-hybridized carbons (Fsp3) is 0.278. The summed E-state index contributed by atoms with van der Waals surface area (Å²) in [5, 5.41) is 7.19. The first-order chi connectivity index (χ1) is 12.1. The number of carbonyl (C=O) groups is 1. The maximum absolute atomic E-state index is 12.6. The van der Waals surface area contributed by atoms with Gasteiger partial charge in [-0.25, -0.2) is 15.0 Å². The van der Waals surface area contributed by atoms with Crippen LogP contribution in [0.15, 0.2) is 36.8 Å². The summed E-state index contributed by atoms with van der Waals surface area (Å²) in [6.07, 6.45) is 5.45. The number of nitrogens with zero attached hydrogens (tertiary/aromatic N) is 5. The van der Waals surface area contributed by atoms with E-state index in [4.69, 9.17) is 0 Å². The van der Waals surface area contributed by atoms with E-state index in [1.807, 2.05) is 38.2 Å². The molecule has 1 saturated carbocycles. The Morgan fingerprint density at radius 2 is 1.96 bits per heavy atom. The molecule has 0 atom stereocenters. The number of benzene rings is 1. The van der Waals surface area contributed by atoms with E-state index in [1.54, 1.807) is 17.2 Å². The summed E-state index contributed by atoms with van der Waals surface area (Å²) in [5.74, 6) is 1.57. The first-order valence-electron chi connectivity index (χ1n) is 8.21. The van der Waals surface area contributed by atoms with Gasteiger partial charge in [-0.15, -0.1) is 0 Å². The Balaban J connectivity index is 1.53. The molecule has 1 aliphatic rings. The van der Waals surface area contributed by atoms with E-state index in [0.29, 0.717) is 28.8 Å². The molecule has 2 heterocycles. The smallest absolute Gasteiger partial charge is 0.259 e. The molecular weight excluding hydrogens is 316 g/mol. The SMILES string of the molecule is Cc1ncc(C(=O)Nc2ccc(-c3ncn(C)n3)cc2)c(C2CC2)n1. The number of amides is 1. The summed E-state index contributed by atoms with van der Waals surface area (Å²) < 4.78 is 1.65. The van der Waals surface area contributed by atoms with Gasteiger partial charge in [-0.05, 0) is 44.0 Å². The highest BCUT2D eigenvalue weighted by atomic mass is 16.1. The highest BCUT2D eigenvalue weighted by Gasteiger charge is 2.30. The van der Waals surface area contributed by atoms with E-state index in [9.17, 15) is 4.79 Å². The third-order valence-electron chi connectivity index (χ3n) is 4.15. The van der Waals surface area contributed by atoms with Gasteiger partial charge in [0.05, 0.1) is 11.3 Å². The van der Waals surface area contributed by atoms with Gasteiger partial charge < -0.3 is 5.32 Å². The van der Waals surface area contributed by atoms with E-state index < -0.39 is 0 Å². The van der Waals surface area contributed by atoms with E-state index in [1.165, 1.54) is 0 Å². The number of hydrogen-bond acceptors (Lipinski definition) is 5. The van der Waals surface area contributed by atoms with Gasteiger partial charge in [-0.3, -0.25) is 9.48 Å². The molecule has 1 amide bonds. The highest BCUT2D eigenvalue weighted by Crippen LogP contribution is 2.40. The van der Waals surface area contributed by atoms with Crippen molar-refractivity contribution in [2.75, 3.05) is 5.32 Å². The first-order valence-corrected chi connectivity index (χ1v) is 8.21. The molecule has 0 spiro atoms. The number of anilines is 1. The van der Waals surface area contributed by atoms with E-state index >= 15 is 0 Å². The quantitative estimate of drug-likeness (QED) is 0.793. The highest BCUT2D eigenvalue weighted by molar-refractivity contribution is 6.05. The topological polar surface area (TPSA) is 85.6 Å². The molecule has 1 fully saturated rings. The van der Waals surface area contributed by atoms with Crippen LogP contribution >= 0.6 is 0 Å². The summed E-state index contributed by atoms with van der Waals surface area (Å²) >= 11 is 0. The van der Waals surface area contributed by atoms with Crippen molar-refractivity contribution in [2.24, 2.45) is 7.05 Å². The lowest BCUT2D eigenvalue weighted by Gasteiger charge is -2.09. The maximum Gasteiger partial charge on any atom is 0.259 e. The van der Waals surface area contributed by atoms with Gasteiger partial charge in [0.15, 0.2) is 5.82 Å². The van der Waals surface area contributed by atoms with Crippen LogP contribution in [0.2, 0.25) is 0 Å². The lowest BCUT2D eigenvalue weighted by Crippen LogP contribution is -2.16. The Morgan fingerprint density at radius 3 is 2.60 bits per heavy atom. The molecule has 7 heteroatoms. The molecule has 1 aromatic carbocycles. The Labute approximate surface area is 145 Å². The van der Waals surface area contributed by atoms with Crippen LogP contribution in [0.1, 0.15) is 40.6 Å². The van der Waals surface area contributed by atoms with Crippen molar-refractivity contribution in [3.8, 4) is 11.4 Å². The third-order valence-corrected chi connectivity index (χ3v) is 4.15. The zero-order valence-electron chi connectivity index (χ0n) is 14.1. The standard InChI is InChI=1S/C18H18N6O/c1-11-19-9-15(16(21-11)12-3-4-12)18(25)22-14-7-5-13(6-8-14)17-20-10-24(2)23-17/h5-10,12H,3-4H2,1-2H3,(H,22,25). The lowest BCUT2D eigenvalue weighted by atomic mass is 10.1. The summed E-state index contributed by atoms with van der Waals surface area (Å²) in [4.78, 5) is 25.5. The van der Waals surface area contributed by atoms with E-state index in [2.05, 4.69) is 25.4 Å². The molecule has 126 valence electrons. The summed E-state index contributed by atoms with van der Waals surface area (Å²) in [6.45, 7) is 1.85. The Kier molecular flexibility index (Phi) is 3.76. The summed E-state index contributed by atoms with van der Waals surface area (Å²) in [6, 6.07) is 7.46. The van der Waals surface area contributed by atoms with Crippen LogP contribution in [0, 0.1) is 6.92 Å². The van der Waals surface area contributed by atoms with Crippen LogP contribution in [0.5, 0.6) is 0 Å². The van der Waals surface area contributed by atoms with Crippen LogP contribution < -0.4 is 5.32 Å². The van der Waals surface area contributed by atoms with Crippen LogP contribution in [0.25, 0.3) is 11.4 Å². The normalized spacial score (nSPS) is 13.7. The minimum Gasteiger partial charge on any atom is -0.322 e. The maximum atomic E-state index is 12.6. The lowest BCUT2D eigenvalue weighted by molar-refractivity contribution is 0.102. The zero-order chi connectivity index (χ0) is 17.4. The minimum absolute atomic E-state index is 0.175. The molecule has 1 aliphatic carbocycles. The van der Waals surface area contributed by atoms with Crippen LogP contribution in [0.3, 0.4) is 0 Å².